The van der Waals surface area contributed by atoms with E-state index < -0.39 is 41.5 Å². The molecule has 1 heterocycles. The zero-order chi connectivity index (χ0) is 26.9. The average Bonchev–Trinajstić information content (AvgIpc) is 3.70. The Balaban J connectivity index is 1.41. The minimum atomic E-state index is -1.19. The maximum absolute atomic E-state index is 13.3. The van der Waals surface area contributed by atoms with Gasteiger partial charge in [0, 0.05) is 25.1 Å². The molecule has 0 aromatic heterocycles. The Morgan fingerprint density at radius 2 is 1.61 bits per heavy atom. The van der Waals surface area contributed by atoms with Crippen molar-refractivity contribution in [3.8, 4) is 0 Å². The molecule has 2 aromatic carbocycles. The van der Waals surface area contributed by atoms with Crippen molar-refractivity contribution in [1.29, 1.82) is 0 Å². The Morgan fingerprint density at radius 1 is 0.921 bits per heavy atom. The number of hydrogen-bond acceptors (Lipinski definition) is 5. The van der Waals surface area contributed by atoms with E-state index in [4.69, 9.17) is 0 Å². The van der Waals surface area contributed by atoms with E-state index in [2.05, 4.69) is 21.3 Å². The van der Waals surface area contributed by atoms with Crippen LogP contribution in [0.15, 0.2) is 66.7 Å². The minimum Gasteiger partial charge on any atom is -0.356 e. The molecule has 4 amide bonds. The zero-order valence-corrected chi connectivity index (χ0v) is 21.0. The van der Waals surface area contributed by atoms with Crippen molar-refractivity contribution in [2.24, 2.45) is 11.8 Å². The van der Waals surface area contributed by atoms with Gasteiger partial charge in [0.15, 0.2) is 0 Å². The molecule has 1 aliphatic carbocycles. The second kappa shape index (κ2) is 12.8. The van der Waals surface area contributed by atoms with Crippen LogP contribution in [-0.4, -0.2) is 48.0 Å². The third kappa shape index (κ3) is 7.61. The minimum absolute atomic E-state index is 0.00834. The molecule has 2 aromatic rings. The van der Waals surface area contributed by atoms with E-state index in [0.717, 1.165) is 24.0 Å². The smallest absolute Gasteiger partial charge is 0.289 e. The molecule has 4 N–H and O–H groups in total. The van der Waals surface area contributed by atoms with Gasteiger partial charge in [0.2, 0.25) is 23.5 Å². The summed E-state index contributed by atoms with van der Waals surface area (Å²) in [6.45, 7) is 0.636. The van der Waals surface area contributed by atoms with Gasteiger partial charge in [-0.05, 0) is 48.8 Å². The van der Waals surface area contributed by atoms with Crippen molar-refractivity contribution in [1.82, 2.24) is 21.3 Å². The molecule has 0 radical (unpaired) electrons. The van der Waals surface area contributed by atoms with Gasteiger partial charge >= 0.3 is 0 Å². The second-order valence-electron chi connectivity index (χ2n) is 9.67. The van der Waals surface area contributed by atoms with Gasteiger partial charge in [-0.1, -0.05) is 60.7 Å². The van der Waals surface area contributed by atoms with Crippen LogP contribution in [0, 0.1) is 11.8 Å². The highest BCUT2D eigenvalue weighted by atomic mass is 16.2. The number of hydrogen-bond donors (Lipinski definition) is 4. The van der Waals surface area contributed by atoms with Gasteiger partial charge in [0.1, 0.15) is 6.04 Å². The fourth-order valence-corrected chi connectivity index (χ4v) is 4.44. The number of benzene rings is 2. The number of carbonyl (C=O) groups is 5. The summed E-state index contributed by atoms with van der Waals surface area (Å²) in [5.74, 6) is -3.38. The number of nitrogens with one attached hydrogen (secondary N) is 4. The first-order chi connectivity index (χ1) is 18.4. The van der Waals surface area contributed by atoms with Crippen LogP contribution >= 0.6 is 0 Å². The predicted octanol–water partition coefficient (Wildman–Crippen LogP) is 1.49. The fraction of sp³-hybridized carbons (Fsp3) is 0.345. The summed E-state index contributed by atoms with van der Waals surface area (Å²) < 4.78 is 0. The molecule has 0 unspecified atom stereocenters. The Hall–Kier alpha value is -4.27. The van der Waals surface area contributed by atoms with Crippen LogP contribution in [0.2, 0.25) is 0 Å². The Kier molecular flexibility index (Phi) is 9.02. The lowest BCUT2D eigenvalue weighted by Gasteiger charge is -2.23. The highest BCUT2D eigenvalue weighted by molar-refractivity contribution is 6.38. The summed E-state index contributed by atoms with van der Waals surface area (Å²) in [5, 5.41) is 10.7. The van der Waals surface area contributed by atoms with Crippen LogP contribution in [0.1, 0.15) is 36.8 Å². The molecule has 1 aliphatic heterocycles. The molecule has 1 saturated heterocycles. The SMILES string of the molecule is O=C(/C=C/c1ccccc1)N[C@H](C(=O)N[C@@H](C[C@@H]1CCNC1=O)C(=O)C(=O)NCc1ccccc1)C1CC1. The summed E-state index contributed by atoms with van der Waals surface area (Å²) in [6, 6.07) is 16.4. The Morgan fingerprint density at radius 3 is 2.24 bits per heavy atom. The molecule has 0 bridgehead atoms. The Labute approximate surface area is 221 Å². The second-order valence-corrected chi connectivity index (χ2v) is 9.67. The summed E-state index contributed by atoms with van der Waals surface area (Å²) in [7, 11) is 0. The first-order valence-electron chi connectivity index (χ1n) is 12.9. The fourth-order valence-electron chi connectivity index (χ4n) is 4.44. The summed E-state index contributed by atoms with van der Waals surface area (Å²) >= 11 is 0. The van der Waals surface area contributed by atoms with Crippen LogP contribution in [0.3, 0.4) is 0 Å². The molecule has 38 heavy (non-hydrogen) atoms. The molecule has 1 saturated carbocycles. The van der Waals surface area contributed by atoms with Crippen molar-refractivity contribution < 1.29 is 24.0 Å². The van der Waals surface area contributed by atoms with Gasteiger partial charge in [0.05, 0.1) is 6.04 Å². The summed E-state index contributed by atoms with van der Waals surface area (Å²) in [4.78, 5) is 63.9. The summed E-state index contributed by atoms with van der Waals surface area (Å²) in [6.07, 6.45) is 5.06. The molecule has 0 spiro atoms. The normalized spacial score (nSPS) is 18.3. The van der Waals surface area contributed by atoms with Crippen molar-refractivity contribution in [3.05, 3.63) is 77.9 Å². The Bertz CT molecular complexity index is 1190. The van der Waals surface area contributed by atoms with Crippen molar-refractivity contribution in [2.75, 3.05) is 6.54 Å². The van der Waals surface area contributed by atoms with Crippen LogP contribution in [0.25, 0.3) is 6.08 Å². The van der Waals surface area contributed by atoms with Gasteiger partial charge in [0.25, 0.3) is 5.91 Å². The first-order valence-corrected chi connectivity index (χ1v) is 12.9. The number of carbonyl (C=O) groups excluding carboxylic acids is 5. The third-order valence-corrected chi connectivity index (χ3v) is 6.74. The van der Waals surface area contributed by atoms with Gasteiger partial charge in [-0.25, -0.2) is 0 Å². The quantitative estimate of drug-likeness (QED) is 0.251. The first kappa shape index (κ1) is 26.8. The van der Waals surface area contributed by atoms with Crippen molar-refractivity contribution >= 4 is 35.5 Å². The van der Waals surface area contributed by atoms with E-state index in [1.165, 1.54) is 6.08 Å². The maximum atomic E-state index is 13.3. The number of amides is 4. The standard InChI is InChI=1S/C29H32N4O5/c34-24(14-11-19-7-3-1-4-8-19)33-25(21-12-13-21)28(37)32-23(17-22-15-16-30-27(22)36)26(35)29(38)31-18-20-9-5-2-6-10-20/h1-11,14,21-23,25H,12-13,15-18H2,(H,30,36)(H,31,38)(H,32,37)(H,33,34)/b14-11+/t22-,23-,25-/m0/s1. The van der Waals surface area contributed by atoms with Crippen molar-refractivity contribution in [2.45, 2.75) is 44.3 Å². The van der Waals surface area contributed by atoms with Crippen LogP contribution < -0.4 is 21.3 Å². The maximum Gasteiger partial charge on any atom is 0.289 e. The molecule has 198 valence electrons. The molecule has 9 heteroatoms. The number of Topliss-reactive ketones (excluding diaryl/α,β-unsaturated/α-hetero) is 1. The lowest BCUT2D eigenvalue weighted by atomic mass is 9.95. The van der Waals surface area contributed by atoms with E-state index in [9.17, 15) is 24.0 Å². The van der Waals surface area contributed by atoms with Crippen molar-refractivity contribution in [3.63, 3.8) is 0 Å². The zero-order valence-electron chi connectivity index (χ0n) is 21.0. The molecule has 3 atom stereocenters. The van der Waals surface area contributed by atoms with E-state index >= 15 is 0 Å². The molecular formula is C29H32N4O5. The molecule has 2 aliphatic rings. The van der Waals surface area contributed by atoms with Gasteiger partial charge in [-0.3, -0.25) is 24.0 Å². The third-order valence-electron chi connectivity index (χ3n) is 6.74. The lowest BCUT2D eigenvalue weighted by molar-refractivity contribution is -0.141. The molecule has 9 nitrogen and oxygen atoms in total. The topological polar surface area (TPSA) is 133 Å². The number of ketones is 1. The monoisotopic (exact) mass is 516 g/mol. The van der Waals surface area contributed by atoms with E-state index in [1.807, 2.05) is 60.7 Å². The highest BCUT2D eigenvalue weighted by Crippen LogP contribution is 2.33. The molecule has 2 fully saturated rings. The van der Waals surface area contributed by atoms with Gasteiger partial charge in [-0.2, -0.15) is 0 Å². The summed E-state index contributed by atoms with van der Waals surface area (Å²) in [5.41, 5.74) is 1.67. The largest absolute Gasteiger partial charge is 0.356 e. The lowest BCUT2D eigenvalue weighted by Crippen LogP contribution is -2.55. The predicted molar refractivity (Wildman–Crippen MR) is 141 cm³/mol. The molecular weight excluding hydrogens is 484 g/mol. The highest BCUT2D eigenvalue weighted by Gasteiger charge is 2.40. The van der Waals surface area contributed by atoms with Crippen LogP contribution in [-0.2, 0) is 30.5 Å². The van der Waals surface area contributed by atoms with E-state index in [1.54, 1.807) is 6.08 Å². The average molecular weight is 517 g/mol. The molecule has 4 rings (SSSR count). The van der Waals surface area contributed by atoms with Crippen LogP contribution in [0.5, 0.6) is 0 Å². The van der Waals surface area contributed by atoms with Gasteiger partial charge < -0.3 is 21.3 Å². The van der Waals surface area contributed by atoms with Gasteiger partial charge in [-0.15, -0.1) is 0 Å². The van der Waals surface area contributed by atoms with Crippen LogP contribution in [0.4, 0.5) is 0 Å². The number of rotatable bonds is 12. The van der Waals surface area contributed by atoms with E-state index in [0.29, 0.717) is 13.0 Å². The van der Waals surface area contributed by atoms with E-state index in [-0.39, 0.29) is 24.8 Å².